The summed E-state index contributed by atoms with van der Waals surface area (Å²) in [6.45, 7) is 2.64. The zero-order chi connectivity index (χ0) is 20.7. The first-order valence-corrected chi connectivity index (χ1v) is 10.7. The highest BCUT2D eigenvalue weighted by atomic mass is 32.1. The van der Waals surface area contributed by atoms with Crippen molar-refractivity contribution in [1.29, 1.82) is 0 Å². The molecule has 2 N–H and O–H groups in total. The minimum Gasteiger partial charge on any atom is -0.327 e. The summed E-state index contributed by atoms with van der Waals surface area (Å²) in [6.07, 6.45) is 6.60. The number of piperidine rings is 1. The predicted molar refractivity (Wildman–Crippen MR) is 115 cm³/mol. The fourth-order valence-electron chi connectivity index (χ4n) is 4.07. The summed E-state index contributed by atoms with van der Waals surface area (Å²) in [5, 5.41) is 10.3. The van der Waals surface area contributed by atoms with Crippen LogP contribution >= 0.6 is 11.3 Å². The van der Waals surface area contributed by atoms with Gasteiger partial charge in [0, 0.05) is 18.1 Å². The van der Waals surface area contributed by atoms with E-state index in [1.807, 2.05) is 23.7 Å². The van der Waals surface area contributed by atoms with E-state index in [-0.39, 0.29) is 6.04 Å². The van der Waals surface area contributed by atoms with Crippen molar-refractivity contribution in [2.24, 2.45) is 5.92 Å². The molecule has 30 heavy (non-hydrogen) atoms. The number of anilines is 1. The Kier molecular flexibility index (Phi) is 4.66. The summed E-state index contributed by atoms with van der Waals surface area (Å²) in [4.78, 5) is 36.2. The van der Waals surface area contributed by atoms with Gasteiger partial charge in [0.25, 0.3) is 0 Å². The maximum atomic E-state index is 13.2. The van der Waals surface area contributed by atoms with Gasteiger partial charge >= 0.3 is 11.8 Å². The maximum absolute atomic E-state index is 13.2. The van der Waals surface area contributed by atoms with Gasteiger partial charge in [0.1, 0.15) is 0 Å². The molecule has 1 saturated heterocycles. The monoisotopic (exact) mass is 420 g/mol. The highest BCUT2D eigenvalue weighted by molar-refractivity contribution is 7.16. The lowest BCUT2D eigenvalue weighted by Gasteiger charge is -2.38. The molecular formula is C21H20N6O2S. The van der Waals surface area contributed by atoms with Crippen molar-refractivity contribution < 1.29 is 9.59 Å². The van der Waals surface area contributed by atoms with E-state index < -0.39 is 11.8 Å². The van der Waals surface area contributed by atoms with Crippen LogP contribution in [-0.4, -0.2) is 43.4 Å². The molecule has 0 radical (unpaired) electrons. The van der Waals surface area contributed by atoms with Crippen molar-refractivity contribution >= 4 is 50.0 Å². The van der Waals surface area contributed by atoms with E-state index in [1.54, 1.807) is 28.6 Å². The SMILES string of the molecule is C[C@H]1CC[C@H](c2ccc3scnc3c2)N(C(=O)C(=O)Nc2cncc3cn[nH]c23)C1. The number of pyridine rings is 1. The molecule has 0 saturated carbocycles. The van der Waals surface area contributed by atoms with E-state index in [0.717, 1.165) is 34.0 Å². The number of aromatic nitrogens is 4. The number of nitrogens with zero attached hydrogens (tertiary/aromatic N) is 4. The molecule has 3 aromatic heterocycles. The van der Waals surface area contributed by atoms with Gasteiger partial charge in [-0.25, -0.2) is 4.98 Å². The fraction of sp³-hybridized carbons (Fsp3) is 0.286. The lowest BCUT2D eigenvalue weighted by Crippen LogP contribution is -2.46. The van der Waals surface area contributed by atoms with Gasteiger partial charge in [0.05, 0.1) is 45.4 Å². The van der Waals surface area contributed by atoms with Gasteiger partial charge in [-0.15, -0.1) is 11.3 Å². The highest BCUT2D eigenvalue weighted by Crippen LogP contribution is 2.35. The molecule has 1 aromatic carbocycles. The molecule has 0 aliphatic carbocycles. The number of carbonyl (C=O) groups is 2. The van der Waals surface area contributed by atoms with Gasteiger partial charge in [0.15, 0.2) is 0 Å². The number of aromatic amines is 1. The smallest absolute Gasteiger partial charge is 0.314 e. The standard InChI is InChI=1S/C21H20N6O2S/c1-12-2-4-17(13-3-5-18-15(6-13)23-11-30-18)27(10-12)21(29)20(28)25-16-9-22-7-14-8-24-26-19(14)16/h3,5-9,11-12,17H,2,4,10H2,1H3,(H,24,26)(H,25,28)/t12-,17+/m0/s1. The molecule has 0 bridgehead atoms. The zero-order valence-electron chi connectivity index (χ0n) is 16.3. The van der Waals surface area contributed by atoms with Gasteiger partial charge in [-0.05, 0) is 36.5 Å². The van der Waals surface area contributed by atoms with Crippen LogP contribution in [0, 0.1) is 5.92 Å². The van der Waals surface area contributed by atoms with Crippen LogP contribution in [0.5, 0.6) is 0 Å². The molecule has 4 aromatic rings. The van der Waals surface area contributed by atoms with Gasteiger partial charge in [-0.3, -0.25) is 19.7 Å². The molecule has 1 aliphatic heterocycles. The van der Waals surface area contributed by atoms with E-state index in [9.17, 15) is 9.59 Å². The molecule has 1 aliphatic rings. The normalized spacial score (nSPS) is 19.3. The Morgan fingerprint density at radius 2 is 2.13 bits per heavy atom. The Morgan fingerprint density at radius 3 is 3.03 bits per heavy atom. The molecule has 8 nitrogen and oxygen atoms in total. The summed E-state index contributed by atoms with van der Waals surface area (Å²) in [5.74, 6) is -0.882. The van der Waals surface area contributed by atoms with Crippen LogP contribution in [0.25, 0.3) is 21.1 Å². The van der Waals surface area contributed by atoms with Crippen molar-refractivity contribution in [2.75, 3.05) is 11.9 Å². The van der Waals surface area contributed by atoms with Crippen molar-refractivity contribution in [3.63, 3.8) is 0 Å². The van der Waals surface area contributed by atoms with Crippen LogP contribution in [0.1, 0.15) is 31.4 Å². The zero-order valence-corrected chi connectivity index (χ0v) is 17.1. The molecule has 5 rings (SSSR count). The fourth-order valence-corrected chi connectivity index (χ4v) is 4.73. The second-order valence-corrected chi connectivity index (χ2v) is 8.60. The van der Waals surface area contributed by atoms with Crippen molar-refractivity contribution in [3.8, 4) is 0 Å². The molecule has 4 heterocycles. The first-order chi connectivity index (χ1) is 14.6. The molecule has 0 unspecified atom stereocenters. The average Bonchev–Trinajstić information content (AvgIpc) is 3.42. The average molecular weight is 420 g/mol. The van der Waals surface area contributed by atoms with Crippen LogP contribution in [-0.2, 0) is 9.59 Å². The minimum absolute atomic E-state index is 0.147. The Bertz CT molecular complexity index is 1250. The number of likely N-dealkylation sites (tertiary alicyclic amines) is 1. The number of carbonyl (C=O) groups excluding carboxylic acids is 2. The van der Waals surface area contributed by atoms with E-state index in [2.05, 4.69) is 32.4 Å². The first-order valence-electron chi connectivity index (χ1n) is 9.82. The van der Waals surface area contributed by atoms with Crippen LogP contribution < -0.4 is 5.32 Å². The molecule has 1 fully saturated rings. The number of hydrogen-bond acceptors (Lipinski definition) is 6. The third kappa shape index (κ3) is 3.30. The topological polar surface area (TPSA) is 104 Å². The Hall–Kier alpha value is -3.33. The summed E-state index contributed by atoms with van der Waals surface area (Å²) in [5.41, 5.74) is 4.83. The van der Waals surface area contributed by atoms with E-state index in [4.69, 9.17) is 0 Å². The van der Waals surface area contributed by atoms with Crippen LogP contribution in [0.2, 0.25) is 0 Å². The lowest BCUT2D eigenvalue weighted by atomic mass is 9.89. The van der Waals surface area contributed by atoms with Crippen LogP contribution in [0.15, 0.2) is 42.3 Å². The number of hydrogen-bond donors (Lipinski definition) is 2. The Balaban J connectivity index is 1.42. The summed E-state index contributed by atoms with van der Waals surface area (Å²) < 4.78 is 1.11. The number of H-pyrrole nitrogens is 1. The number of rotatable bonds is 2. The van der Waals surface area contributed by atoms with Gasteiger partial charge < -0.3 is 10.2 Å². The summed E-state index contributed by atoms with van der Waals surface area (Å²) in [6, 6.07) is 5.95. The predicted octanol–water partition coefficient (Wildman–Crippen LogP) is 3.51. The molecule has 0 spiro atoms. The minimum atomic E-state index is -0.673. The number of amides is 2. The van der Waals surface area contributed by atoms with Gasteiger partial charge in [-0.2, -0.15) is 5.10 Å². The molecule has 2 atom stereocenters. The number of fused-ring (bicyclic) bond motifs is 2. The highest BCUT2D eigenvalue weighted by Gasteiger charge is 2.34. The third-order valence-corrected chi connectivity index (χ3v) is 6.43. The number of nitrogens with one attached hydrogen (secondary N) is 2. The second kappa shape index (κ2) is 7.49. The van der Waals surface area contributed by atoms with E-state index >= 15 is 0 Å². The van der Waals surface area contributed by atoms with Gasteiger partial charge in [-0.1, -0.05) is 13.0 Å². The molecule has 2 amide bonds. The molecule has 9 heteroatoms. The summed E-state index contributed by atoms with van der Waals surface area (Å²) in [7, 11) is 0. The first kappa shape index (κ1) is 18.7. The summed E-state index contributed by atoms with van der Waals surface area (Å²) >= 11 is 1.59. The molecular weight excluding hydrogens is 400 g/mol. The van der Waals surface area contributed by atoms with Crippen molar-refractivity contribution in [3.05, 3.63) is 47.9 Å². The van der Waals surface area contributed by atoms with Crippen LogP contribution in [0.4, 0.5) is 5.69 Å². The van der Waals surface area contributed by atoms with E-state index in [0.29, 0.717) is 23.7 Å². The lowest BCUT2D eigenvalue weighted by molar-refractivity contribution is -0.146. The Morgan fingerprint density at radius 1 is 1.23 bits per heavy atom. The van der Waals surface area contributed by atoms with Crippen LogP contribution in [0.3, 0.4) is 0 Å². The largest absolute Gasteiger partial charge is 0.327 e. The quantitative estimate of drug-likeness (QED) is 0.483. The molecule has 152 valence electrons. The second-order valence-electron chi connectivity index (χ2n) is 7.71. The number of benzene rings is 1. The van der Waals surface area contributed by atoms with Gasteiger partial charge in [0.2, 0.25) is 0 Å². The van der Waals surface area contributed by atoms with E-state index in [1.165, 1.54) is 6.20 Å². The van der Waals surface area contributed by atoms with Crippen molar-refractivity contribution in [1.82, 2.24) is 25.1 Å². The van der Waals surface area contributed by atoms with Crippen molar-refractivity contribution in [2.45, 2.75) is 25.8 Å². The maximum Gasteiger partial charge on any atom is 0.314 e. The Labute approximate surface area is 176 Å². The third-order valence-electron chi connectivity index (χ3n) is 5.62. The number of thiazole rings is 1.